The van der Waals surface area contributed by atoms with Crippen LogP contribution in [0.1, 0.15) is 38.7 Å². The number of hydrogen-bond acceptors (Lipinski definition) is 5. The second-order valence-electron chi connectivity index (χ2n) is 10.1. The van der Waals surface area contributed by atoms with E-state index in [1.165, 1.54) is 16.3 Å². The van der Waals surface area contributed by atoms with Crippen molar-refractivity contribution in [3.63, 3.8) is 0 Å². The van der Waals surface area contributed by atoms with Crippen LogP contribution in [0.25, 0.3) is 5.57 Å². The van der Waals surface area contributed by atoms with Crippen molar-refractivity contribution < 1.29 is 4.79 Å². The minimum atomic E-state index is -0.240. The quantitative estimate of drug-likeness (QED) is 0.723. The van der Waals surface area contributed by atoms with Gasteiger partial charge < -0.3 is 9.80 Å². The number of carbonyl (C=O) groups excluding carboxylic acids is 1. The highest BCUT2D eigenvalue weighted by molar-refractivity contribution is 5.79. The molecule has 3 aliphatic rings. The Morgan fingerprint density at radius 2 is 1.97 bits per heavy atom. The number of allylic oxidation sites excluding steroid dienone is 2. The second-order valence-corrected chi connectivity index (χ2v) is 10.1. The van der Waals surface area contributed by atoms with Gasteiger partial charge in [0.1, 0.15) is 12.4 Å². The van der Waals surface area contributed by atoms with Crippen LogP contribution in [0.4, 0.5) is 5.82 Å². The molecule has 5 rings (SSSR count). The van der Waals surface area contributed by atoms with Gasteiger partial charge in [-0.25, -0.2) is 4.68 Å². The van der Waals surface area contributed by atoms with Crippen LogP contribution in [0.5, 0.6) is 0 Å². The second kappa shape index (κ2) is 8.61. The number of likely N-dealkylation sites (tertiary alicyclic amines) is 1. The summed E-state index contributed by atoms with van der Waals surface area (Å²) in [6, 6.07) is 7.32. The summed E-state index contributed by atoms with van der Waals surface area (Å²) in [5, 5.41) is 4.57. The van der Waals surface area contributed by atoms with Crippen molar-refractivity contribution in [2.75, 3.05) is 24.5 Å². The number of carbonyl (C=O) groups is 1. The Balaban J connectivity index is 1.30. The fourth-order valence-electron chi connectivity index (χ4n) is 5.20. The molecule has 33 heavy (non-hydrogen) atoms. The van der Waals surface area contributed by atoms with Crippen LogP contribution < -0.4 is 10.5 Å². The van der Waals surface area contributed by atoms with Crippen LogP contribution >= 0.6 is 0 Å². The first-order valence-corrected chi connectivity index (χ1v) is 11.8. The number of anilines is 1. The molecule has 0 saturated carbocycles. The third kappa shape index (κ3) is 4.36. The van der Waals surface area contributed by atoms with Crippen LogP contribution in [0, 0.1) is 11.3 Å². The lowest BCUT2D eigenvalue weighted by atomic mass is 9.83. The molecule has 1 aliphatic carbocycles. The van der Waals surface area contributed by atoms with E-state index in [0.717, 1.165) is 43.7 Å². The molecule has 0 bridgehead atoms. The molecule has 0 spiro atoms. The maximum Gasteiger partial charge on any atom is 0.267 e. The molecular formula is C26H31N5O2. The number of rotatable bonds is 4. The van der Waals surface area contributed by atoms with Crippen molar-refractivity contribution in [2.24, 2.45) is 11.3 Å². The first-order chi connectivity index (χ1) is 15.9. The Morgan fingerprint density at radius 1 is 1.15 bits per heavy atom. The Hall–Kier alpha value is -3.22. The maximum atomic E-state index is 13.3. The van der Waals surface area contributed by atoms with Gasteiger partial charge in [0.25, 0.3) is 5.56 Å². The lowest BCUT2D eigenvalue weighted by Crippen LogP contribution is -2.42. The first kappa shape index (κ1) is 21.6. The molecule has 2 atom stereocenters. The molecule has 2 aromatic rings. The van der Waals surface area contributed by atoms with E-state index in [4.69, 9.17) is 0 Å². The van der Waals surface area contributed by atoms with Gasteiger partial charge in [-0.3, -0.25) is 14.6 Å². The van der Waals surface area contributed by atoms with E-state index in [2.05, 4.69) is 47.0 Å². The highest BCUT2D eigenvalue weighted by atomic mass is 16.2. The largest absolute Gasteiger partial charge is 0.355 e. The number of aromatic nitrogens is 3. The van der Waals surface area contributed by atoms with Crippen molar-refractivity contribution >= 4 is 17.3 Å². The lowest BCUT2D eigenvalue weighted by molar-refractivity contribution is -0.132. The molecule has 2 unspecified atom stereocenters. The minimum Gasteiger partial charge on any atom is -0.355 e. The SMILES string of the molecule is CC1(C)CCN(c2ccc(=O)n(CC(=O)N3CCC4C(c5cccnc5)=CC=CC43)n2)CC1. The number of amides is 1. The Bertz CT molecular complexity index is 1140. The van der Waals surface area contributed by atoms with Gasteiger partial charge in [0.2, 0.25) is 5.91 Å². The van der Waals surface area contributed by atoms with Crippen molar-refractivity contribution in [3.05, 3.63) is 70.8 Å². The molecule has 4 heterocycles. The van der Waals surface area contributed by atoms with E-state index in [1.54, 1.807) is 12.3 Å². The van der Waals surface area contributed by atoms with Gasteiger partial charge in [0.05, 0.1) is 6.04 Å². The number of nitrogens with zero attached hydrogens (tertiary/aromatic N) is 5. The molecule has 0 aromatic carbocycles. The Kier molecular flexibility index (Phi) is 5.64. The predicted molar refractivity (Wildman–Crippen MR) is 129 cm³/mol. The number of fused-ring (bicyclic) bond motifs is 1. The first-order valence-electron chi connectivity index (χ1n) is 11.8. The van der Waals surface area contributed by atoms with E-state index >= 15 is 0 Å². The summed E-state index contributed by atoms with van der Waals surface area (Å²) in [5.74, 6) is 0.957. The van der Waals surface area contributed by atoms with Crippen LogP contribution in [0.15, 0.2) is 59.7 Å². The molecule has 7 nitrogen and oxygen atoms in total. The molecule has 0 radical (unpaired) electrons. The summed E-state index contributed by atoms with van der Waals surface area (Å²) in [6.07, 6.45) is 13.0. The van der Waals surface area contributed by atoms with Gasteiger partial charge in [-0.05, 0) is 47.9 Å². The summed E-state index contributed by atoms with van der Waals surface area (Å²) in [4.78, 5) is 34.2. The third-order valence-corrected chi connectivity index (χ3v) is 7.33. The van der Waals surface area contributed by atoms with E-state index in [0.29, 0.717) is 12.0 Å². The summed E-state index contributed by atoms with van der Waals surface area (Å²) in [5.41, 5.74) is 2.41. The molecule has 0 N–H and O–H groups in total. The zero-order chi connectivity index (χ0) is 23.0. The summed E-state index contributed by atoms with van der Waals surface area (Å²) in [6.45, 7) is 7.04. The Labute approximate surface area is 194 Å². The van der Waals surface area contributed by atoms with Crippen molar-refractivity contribution in [1.29, 1.82) is 0 Å². The third-order valence-electron chi connectivity index (χ3n) is 7.33. The number of pyridine rings is 1. The Morgan fingerprint density at radius 3 is 2.73 bits per heavy atom. The van der Waals surface area contributed by atoms with Crippen molar-refractivity contribution in [2.45, 2.75) is 45.7 Å². The standard InChI is InChI=1S/C26H31N5O2/c1-26(2)11-15-29(16-12-26)23-8-9-24(32)31(28-23)18-25(33)30-14-10-21-20(6-3-7-22(21)30)19-5-4-13-27-17-19/h3-9,13,17,21-22H,10-12,14-16,18H2,1-2H3. The zero-order valence-corrected chi connectivity index (χ0v) is 19.4. The molecule has 2 aliphatic heterocycles. The topological polar surface area (TPSA) is 71.3 Å². The molecular weight excluding hydrogens is 414 g/mol. The highest BCUT2D eigenvalue weighted by Crippen LogP contribution is 2.39. The summed E-state index contributed by atoms with van der Waals surface area (Å²) < 4.78 is 1.33. The number of piperidine rings is 1. The summed E-state index contributed by atoms with van der Waals surface area (Å²) in [7, 11) is 0. The minimum absolute atomic E-state index is 0.000849. The van der Waals surface area contributed by atoms with E-state index in [-0.39, 0.29) is 30.0 Å². The number of hydrogen-bond donors (Lipinski definition) is 0. The van der Waals surface area contributed by atoms with Crippen LogP contribution in [-0.4, -0.2) is 51.2 Å². The summed E-state index contributed by atoms with van der Waals surface area (Å²) >= 11 is 0. The predicted octanol–water partition coefficient (Wildman–Crippen LogP) is 3.14. The van der Waals surface area contributed by atoms with Crippen molar-refractivity contribution in [1.82, 2.24) is 19.7 Å². The highest BCUT2D eigenvalue weighted by Gasteiger charge is 2.39. The van der Waals surface area contributed by atoms with E-state index in [1.807, 2.05) is 23.2 Å². The normalized spacial score (nSPS) is 23.9. The van der Waals surface area contributed by atoms with Gasteiger partial charge in [0, 0.05) is 44.0 Å². The van der Waals surface area contributed by atoms with E-state index in [9.17, 15) is 9.59 Å². The zero-order valence-electron chi connectivity index (χ0n) is 19.4. The van der Waals surface area contributed by atoms with Gasteiger partial charge in [-0.15, -0.1) is 0 Å². The molecule has 2 saturated heterocycles. The van der Waals surface area contributed by atoms with Gasteiger partial charge in [-0.1, -0.05) is 38.1 Å². The average molecular weight is 446 g/mol. The van der Waals surface area contributed by atoms with Gasteiger partial charge in [0.15, 0.2) is 0 Å². The monoisotopic (exact) mass is 445 g/mol. The molecule has 2 fully saturated rings. The van der Waals surface area contributed by atoms with Crippen molar-refractivity contribution in [3.8, 4) is 0 Å². The molecule has 2 aromatic heterocycles. The smallest absolute Gasteiger partial charge is 0.267 e. The molecule has 7 heteroatoms. The fourth-order valence-corrected chi connectivity index (χ4v) is 5.20. The fraction of sp³-hybridized carbons (Fsp3) is 0.462. The average Bonchev–Trinajstić information content (AvgIpc) is 3.26. The van der Waals surface area contributed by atoms with Crippen LogP contribution in [-0.2, 0) is 11.3 Å². The maximum absolute atomic E-state index is 13.3. The molecule has 1 amide bonds. The lowest BCUT2D eigenvalue weighted by Gasteiger charge is -2.37. The van der Waals surface area contributed by atoms with Crippen LogP contribution in [0.3, 0.4) is 0 Å². The van der Waals surface area contributed by atoms with Gasteiger partial charge >= 0.3 is 0 Å². The van der Waals surface area contributed by atoms with Crippen LogP contribution in [0.2, 0.25) is 0 Å². The molecule has 172 valence electrons. The van der Waals surface area contributed by atoms with E-state index < -0.39 is 0 Å². The van der Waals surface area contributed by atoms with Gasteiger partial charge in [-0.2, -0.15) is 5.10 Å².